The van der Waals surface area contributed by atoms with E-state index in [1.807, 2.05) is 23.1 Å². The van der Waals surface area contributed by atoms with E-state index in [2.05, 4.69) is 17.4 Å². The van der Waals surface area contributed by atoms with Gasteiger partial charge in [-0.2, -0.15) is 0 Å². The molecule has 2 unspecified atom stereocenters. The quantitative estimate of drug-likeness (QED) is 0.716. The summed E-state index contributed by atoms with van der Waals surface area (Å²) in [4.78, 5) is 40.1. The average Bonchev–Trinajstić information content (AvgIpc) is 3.42. The Balaban J connectivity index is 1.12. The predicted octanol–water partition coefficient (Wildman–Crippen LogP) is 3.24. The molecule has 0 aromatic heterocycles. The number of ether oxygens (including phenoxy) is 1. The van der Waals surface area contributed by atoms with Gasteiger partial charge in [-0.15, -0.1) is 0 Å². The summed E-state index contributed by atoms with van der Waals surface area (Å²) in [6.07, 6.45) is 8.61. The molecule has 2 aliphatic carbocycles. The van der Waals surface area contributed by atoms with Crippen LogP contribution in [0, 0.1) is 17.3 Å². The Labute approximate surface area is 190 Å². The van der Waals surface area contributed by atoms with Crippen LogP contribution in [-0.2, 0) is 25.5 Å². The second-order valence-corrected chi connectivity index (χ2v) is 10.3. The number of carbonyl (C=O) groups is 3. The van der Waals surface area contributed by atoms with Crippen molar-refractivity contribution in [2.75, 3.05) is 19.6 Å². The number of amides is 2. The van der Waals surface area contributed by atoms with Crippen LogP contribution in [0.5, 0.6) is 0 Å². The third-order valence-corrected chi connectivity index (χ3v) is 8.45. The molecule has 0 radical (unpaired) electrons. The summed E-state index contributed by atoms with van der Waals surface area (Å²) >= 11 is 0. The molecule has 1 aromatic rings. The molecule has 2 saturated heterocycles. The molecule has 2 saturated carbocycles. The molecule has 172 valence electrons. The lowest BCUT2D eigenvalue weighted by atomic mass is 9.75. The molecular formula is C26H34N2O4. The first-order valence-corrected chi connectivity index (χ1v) is 12.3. The Bertz CT molecular complexity index is 869. The minimum Gasteiger partial charge on any atom is -0.458 e. The van der Waals surface area contributed by atoms with Gasteiger partial charge in [-0.25, -0.2) is 0 Å². The molecule has 2 atom stereocenters. The maximum Gasteiger partial charge on any atom is 0.307 e. The fourth-order valence-corrected chi connectivity index (χ4v) is 6.37. The molecule has 6 nitrogen and oxygen atoms in total. The molecule has 0 bridgehead atoms. The van der Waals surface area contributed by atoms with Crippen molar-refractivity contribution in [1.29, 1.82) is 0 Å². The minimum atomic E-state index is -0.553. The molecule has 2 heterocycles. The molecule has 1 aromatic carbocycles. The Morgan fingerprint density at radius 1 is 1.00 bits per heavy atom. The Morgan fingerprint density at radius 2 is 1.72 bits per heavy atom. The molecule has 4 fully saturated rings. The summed E-state index contributed by atoms with van der Waals surface area (Å²) in [5.41, 5.74) is 0.746. The van der Waals surface area contributed by atoms with E-state index >= 15 is 0 Å². The number of hydrogen-bond acceptors (Lipinski definition) is 4. The van der Waals surface area contributed by atoms with Crippen molar-refractivity contribution in [2.45, 2.75) is 69.8 Å². The van der Waals surface area contributed by atoms with E-state index in [0.717, 1.165) is 57.8 Å². The zero-order chi connectivity index (χ0) is 22.2. The van der Waals surface area contributed by atoms with Crippen LogP contribution in [0.1, 0.15) is 63.4 Å². The van der Waals surface area contributed by atoms with Crippen LogP contribution >= 0.6 is 0 Å². The van der Waals surface area contributed by atoms with Gasteiger partial charge in [0.25, 0.3) is 0 Å². The summed E-state index contributed by atoms with van der Waals surface area (Å²) in [6, 6.07) is 10.2. The van der Waals surface area contributed by atoms with Gasteiger partial charge in [0.2, 0.25) is 11.8 Å². The first kappa shape index (κ1) is 21.5. The molecular weight excluding hydrogens is 404 g/mol. The highest BCUT2D eigenvalue weighted by Crippen LogP contribution is 2.59. The number of nitrogens with one attached hydrogen (secondary N) is 1. The molecule has 5 rings (SSSR count). The van der Waals surface area contributed by atoms with Crippen LogP contribution in [0.25, 0.3) is 0 Å². The maximum atomic E-state index is 13.4. The smallest absolute Gasteiger partial charge is 0.307 e. The van der Waals surface area contributed by atoms with Crippen LogP contribution in [-0.4, -0.2) is 47.9 Å². The second-order valence-electron chi connectivity index (χ2n) is 10.3. The molecule has 2 aliphatic heterocycles. The number of likely N-dealkylation sites (tertiary alicyclic amines) is 1. The highest BCUT2D eigenvalue weighted by molar-refractivity contribution is 5.88. The van der Waals surface area contributed by atoms with Crippen molar-refractivity contribution >= 4 is 17.8 Å². The number of rotatable bonds is 5. The van der Waals surface area contributed by atoms with Gasteiger partial charge in [0.1, 0.15) is 5.60 Å². The van der Waals surface area contributed by atoms with E-state index < -0.39 is 5.60 Å². The van der Waals surface area contributed by atoms with Crippen molar-refractivity contribution in [3.05, 3.63) is 35.9 Å². The van der Waals surface area contributed by atoms with Gasteiger partial charge in [-0.1, -0.05) is 36.8 Å². The summed E-state index contributed by atoms with van der Waals surface area (Å²) in [5, 5.41) is 3.11. The van der Waals surface area contributed by atoms with E-state index in [0.29, 0.717) is 19.6 Å². The zero-order valence-corrected chi connectivity index (χ0v) is 18.8. The van der Waals surface area contributed by atoms with Gasteiger partial charge in [-0.05, 0) is 62.3 Å². The molecule has 1 N–H and O–H groups in total. The normalized spacial score (nSPS) is 27.9. The van der Waals surface area contributed by atoms with Crippen LogP contribution in [0.3, 0.4) is 0 Å². The Hall–Kier alpha value is -2.37. The van der Waals surface area contributed by atoms with Crippen molar-refractivity contribution in [3.8, 4) is 0 Å². The van der Waals surface area contributed by atoms with Crippen LogP contribution in [0.2, 0.25) is 0 Å². The first-order chi connectivity index (χ1) is 15.5. The SMILES string of the molecule is O=C1CC(C(=O)N2CCC3(CC2)CC3C(=O)NCCc2ccccc2)C2(CCCCC2)O1. The predicted molar refractivity (Wildman–Crippen MR) is 120 cm³/mol. The molecule has 2 spiro atoms. The number of hydrogen-bond donors (Lipinski definition) is 1. The van der Waals surface area contributed by atoms with Crippen molar-refractivity contribution in [3.63, 3.8) is 0 Å². The fourth-order valence-electron chi connectivity index (χ4n) is 6.37. The molecule has 2 amide bonds. The molecule has 32 heavy (non-hydrogen) atoms. The Kier molecular flexibility index (Phi) is 5.72. The largest absolute Gasteiger partial charge is 0.458 e. The third kappa shape index (κ3) is 4.04. The maximum absolute atomic E-state index is 13.4. The van der Waals surface area contributed by atoms with Crippen molar-refractivity contribution in [1.82, 2.24) is 10.2 Å². The fraction of sp³-hybridized carbons (Fsp3) is 0.654. The number of nitrogens with zero attached hydrogens (tertiary/aromatic N) is 1. The van der Waals surface area contributed by atoms with Crippen molar-refractivity contribution in [2.24, 2.45) is 17.3 Å². The monoisotopic (exact) mass is 438 g/mol. The Morgan fingerprint density at radius 3 is 2.44 bits per heavy atom. The summed E-state index contributed by atoms with van der Waals surface area (Å²) in [5.74, 6) is -0.195. The van der Waals surface area contributed by atoms with E-state index in [4.69, 9.17) is 4.74 Å². The molecule has 4 aliphatic rings. The molecule has 6 heteroatoms. The van der Waals surface area contributed by atoms with Gasteiger partial charge >= 0.3 is 5.97 Å². The minimum absolute atomic E-state index is 0.0676. The van der Waals surface area contributed by atoms with Gasteiger partial charge in [0.05, 0.1) is 12.3 Å². The number of benzene rings is 1. The third-order valence-electron chi connectivity index (χ3n) is 8.45. The first-order valence-electron chi connectivity index (χ1n) is 12.3. The number of esters is 1. The van der Waals surface area contributed by atoms with Gasteiger partial charge in [0, 0.05) is 25.6 Å². The van der Waals surface area contributed by atoms with Gasteiger partial charge < -0.3 is 15.0 Å². The zero-order valence-electron chi connectivity index (χ0n) is 18.8. The summed E-state index contributed by atoms with van der Waals surface area (Å²) < 4.78 is 5.75. The van der Waals surface area contributed by atoms with E-state index in [1.54, 1.807) is 0 Å². The highest BCUT2D eigenvalue weighted by atomic mass is 16.6. The lowest BCUT2D eigenvalue weighted by molar-refractivity contribution is -0.156. The van der Waals surface area contributed by atoms with E-state index in [9.17, 15) is 14.4 Å². The highest BCUT2D eigenvalue weighted by Gasteiger charge is 2.60. The second kappa shape index (κ2) is 8.53. The summed E-state index contributed by atoms with van der Waals surface area (Å²) in [6.45, 7) is 2.04. The lowest BCUT2D eigenvalue weighted by Gasteiger charge is -2.40. The van der Waals surface area contributed by atoms with Crippen LogP contribution in [0.15, 0.2) is 30.3 Å². The summed E-state index contributed by atoms with van der Waals surface area (Å²) in [7, 11) is 0. The number of piperidine rings is 1. The van der Waals surface area contributed by atoms with Gasteiger partial charge in [-0.3, -0.25) is 14.4 Å². The van der Waals surface area contributed by atoms with Crippen LogP contribution in [0.4, 0.5) is 0 Å². The van der Waals surface area contributed by atoms with E-state index in [-0.39, 0.29) is 41.5 Å². The van der Waals surface area contributed by atoms with Crippen molar-refractivity contribution < 1.29 is 19.1 Å². The lowest BCUT2D eigenvalue weighted by Crippen LogP contribution is -2.49. The number of carbonyl (C=O) groups excluding carboxylic acids is 3. The van der Waals surface area contributed by atoms with Crippen LogP contribution < -0.4 is 5.32 Å². The van der Waals surface area contributed by atoms with Gasteiger partial charge in [0.15, 0.2) is 0 Å². The topological polar surface area (TPSA) is 75.7 Å². The standard InChI is InChI=1S/C26H34N2O4/c29-22-17-20(26(32-22)10-5-2-6-11-26)24(31)28-15-12-25(13-16-28)18-21(25)23(30)27-14-9-19-7-3-1-4-8-19/h1,3-4,7-8,20-21H,2,5-6,9-18H2,(H,27,30). The van der Waals surface area contributed by atoms with E-state index in [1.165, 1.54) is 5.56 Å². The average molecular weight is 439 g/mol.